The molecule has 0 saturated carbocycles. The molecule has 4 rings (SSSR count). The molecule has 182 valence electrons. The van der Waals surface area contributed by atoms with E-state index in [9.17, 15) is 9.59 Å². The van der Waals surface area contributed by atoms with Gasteiger partial charge in [-0.2, -0.15) is 0 Å². The molecule has 7 nitrogen and oxygen atoms in total. The zero-order chi connectivity index (χ0) is 24.8. The molecule has 3 aromatic rings. The lowest BCUT2D eigenvalue weighted by Gasteiger charge is -2.33. The van der Waals surface area contributed by atoms with Crippen LogP contribution in [-0.4, -0.2) is 37.7 Å². The molecule has 2 amide bonds. The normalized spacial score (nSPS) is 14.7. The van der Waals surface area contributed by atoms with E-state index < -0.39 is 6.10 Å². The first-order valence-corrected chi connectivity index (χ1v) is 11.7. The molecule has 0 aromatic heterocycles. The van der Waals surface area contributed by atoms with Gasteiger partial charge < -0.3 is 24.4 Å². The average molecular weight is 475 g/mol. The summed E-state index contributed by atoms with van der Waals surface area (Å²) in [5.74, 6) is 1.67. The van der Waals surface area contributed by atoms with Gasteiger partial charge in [-0.25, -0.2) is 0 Å². The molecule has 35 heavy (non-hydrogen) atoms. The van der Waals surface area contributed by atoms with Gasteiger partial charge in [0.15, 0.2) is 12.7 Å². The van der Waals surface area contributed by atoms with E-state index >= 15 is 0 Å². The topological polar surface area (TPSA) is 77.1 Å². The second-order valence-electron chi connectivity index (χ2n) is 8.48. The van der Waals surface area contributed by atoms with Gasteiger partial charge in [0, 0.05) is 12.2 Å². The number of fused-ring (bicyclic) bond motifs is 1. The van der Waals surface area contributed by atoms with Gasteiger partial charge in [-0.3, -0.25) is 9.59 Å². The summed E-state index contributed by atoms with van der Waals surface area (Å²) < 4.78 is 17.2. The second-order valence-corrected chi connectivity index (χ2v) is 8.48. The Labute approximate surface area is 205 Å². The van der Waals surface area contributed by atoms with Gasteiger partial charge in [-0.05, 0) is 74.7 Å². The van der Waals surface area contributed by atoms with Crippen LogP contribution in [0, 0.1) is 13.8 Å². The zero-order valence-electron chi connectivity index (χ0n) is 20.2. The molecule has 7 heteroatoms. The largest absolute Gasteiger partial charge is 0.494 e. The number of para-hydroxylation sites is 1. The molecule has 1 N–H and O–H groups in total. The van der Waals surface area contributed by atoms with Crippen molar-refractivity contribution in [3.8, 4) is 17.2 Å². The maximum Gasteiger partial charge on any atom is 0.267 e. The molecule has 1 atom stereocenters. The van der Waals surface area contributed by atoms with Gasteiger partial charge in [0.1, 0.15) is 17.2 Å². The quantitative estimate of drug-likeness (QED) is 0.446. The fourth-order valence-corrected chi connectivity index (χ4v) is 3.87. The van der Waals surface area contributed by atoms with Crippen LogP contribution in [0.15, 0.2) is 66.7 Å². The Morgan fingerprint density at radius 1 is 1.03 bits per heavy atom. The number of hydrogen-bond donors (Lipinski definition) is 1. The molecule has 1 aliphatic heterocycles. The van der Waals surface area contributed by atoms with E-state index in [0.717, 1.165) is 16.9 Å². The molecule has 0 saturated heterocycles. The van der Waals surface area contributed by atoms with Crippen LogP contribution in [0.1, 0.15) is 24.5 Å². The highest BCUT2D eigenvalue weighted by Gasteiger charge is 2.31. The lowest BCUT2D eigenvalue weighted by molar-refractivity contribution is -0.125. The summed E-state index contributed by atoms with van der Waals surface area (Å²) in [4.78, 5) is 27.1. The molecule has 0 bridgehead atoms. The maximum absolute atomic E-state index is 12.9. The van der Waals surface area contributed by atoms with Crippen molar-refractivity contribution in [1.29, 1.82) is 0 Å². The van der Waals surface area contributed by atoms with Crippen LogP contribution in [0.25, 0.3) is 0 Å². The number of carbonyl (C=O) groups is 2. The number of hydrogen-bond acceptors (Lipinski definition) is 5. The SMILES string of the molecule is Cc1cccc(OCC(=O)Nc2ccc3c(c2)N(CCCOc2ccccc2)C(=O)C(C)O3)c1C. The third kappa shape index (κ3) is 5.93. The third-order valence-electron chi connectivity index (χ3n) is 5.90. The maximum atomic E-state index is 12.9. The minimum atomic E-state index is -0.580. The Morgan fingerprint density at radius 3 is 2.63 bits per heavy atom. The molecule has 0 aliphatic carbocycles. The first-order chi connectivity index (χ1) is 16.9. The third-order valence-corrected chi connectivity index (χ3v) is 5.90. The van der Waals surface area contributed by atoms with Crippen molar-refractivity contribution in [1.82, 2.24) is 0 Å². The van der Waals surface area contributed by atoms with Crippen LogP contribution >= 0.6 is 0 Å². The summed E-state index contributed by atoms with van der Waals surface area (Å²) in [7, 11) is 0. The molecular weight excluding hydrogens is 444 g/mol. The minimum Gasteiger partial charge on any atom is -0.494 e. The fraction of sp³-hybridized carbons (Fsp3) is 0.286. The van der Waals surface area contributed by atoms with Crippen LogP contribution in [0.3, 0.4) is 0 Å². The number of nitrogens with zero attached hydrogens (tertiary/aromatic N) is 1. The highest BCUT2D eigenvalue weighted by atomic mass is 16.5. The highest BCUT2D eigenvalue weighted by molar-refractivity contribution is 6.01. The highest BCUT2D eigenvalue weighted by Crippen LogP contribution is 2.36. The van der Waals surface area contributed by atoms with Crippen molar-refractivity contribution in [2.75, 3.05) is 30.0 Å². The Kier molecular flexibility index (Phi) is 7.55. The second kappa shape index (κ2) is 11.0. The Bertz CT molecular complexity index is 1200. The molecule has 1 heterocycles. The van der Waals surface area contributed by atoms with Gasteiger partial charge in [0.05, 0.1) is 12.3 Å². The first-order valence-electron chi connectivity index (χ1n) is 11.7. The Hall–Kier alpha value is -4.00. The van der Waals surface area contributed by atoms with Crippen LogP contribution < -0.4 is 24.4 Å². The smallest absolute Gasteiger partial charge is 0.267 e. The Balaban J connectivity index is 1.39. The molecule has 1 unspecified atom stereocenters. The van der Waals surface area contributed by atoms with Crippen LogP contribution in [0.2, 0.25) is 0 Å². The van der Waals surface area contributed by atoms with Gasteiger partial charge in [-0.1, -0.05) is 30.3 Å². The number of ether oxygens (including phenoxy) is 3. The Morgan fingerprint density at radius 2 is 1.83 bits per heavy atom. The van der Waals surface area contributed by atoms with Gasteiger partial charge in [0.25, 0.3) is 11.8 Å². The van der Waals surface area contributed by atoms with Crippen LogP contribution in [0.4, 0.5) is 11.4 Å². The van der Waals surface area contributed by atoms with Crippen LogP contribution in [-0.2, 0) is 9.59 Å². The summed E-state index contributed by atoms with van der Waals surface area (Å²) in [6.07, 6.45) is 0.0662. The van der Waals surface area contributed by atoms with Crippen molar-refractivity contribution in [3.05, 3.63) is 77.9 Å². The van der Waals surface area contributed by atoms with Crippen molar-refractivity contribution in [2.24, 2.45) is 0 Å². The molecule has 1 aliphatic rings. The molecular formula is C28H30N2O5. The number of anilines is 2. The zero-order valence-corrected chi connectivity index (χ0v) is 20.2. The number of benzene rings is 3. The van der Waals surface area contributed by atoms with Gasteiger partial charge in [-0.15, -0.1) is 0 Å². The summed E-state index contributed by atoms with van der Waals surface area (Å²) >= 11 is 0. The first kappa shape index (κ1) is 24.1. The van der Waals surface area contributed by atoms with Crippen molar-refractivity contribution in [3.63, 3.8) is 0 Å². The summed E-state index contributed by atoms with van der Waals surface area (Å²) in [6.45, 7) is 6.53. The molecule has 0 spiro atoms. The number of rotatable bonds is 9. The van der Waals surface area contributed by atoms with E-state index in [4.69, 9.17) is 14.2 Å². The van der Waals surface area contributed by atoms with Crippen molar-refractivity contribution < 1.29 is 23.8 Å². The monoisotopic (exact) mass is 474 g/mol. The molecule has 3 aromatic carbocycles. The number of nitrogens with one attached hydrogen (secondary N) is 1. The van der Waals surface area contributed by atoms with E-state index in [1.807, 2.05) is 62.4 Å². The number of amides is 2. The summed E-state index contributed by atoms with van der Waals surface area (Å²) in [5.41, 5.74) is 3.30. The van der Waals surface area contributed by atoms with Crippen molar-refractivity contribution in [2.45, 2.75) is 33.3 Å². The van der Waals surface area contributed by atoms with E-state index in [2.05, 4.69) is 5.32 Å². The number of aryl methyl sites for hydroxylation is 1. The predicted octanol–water partition coefficient (Wildman–Crippen LogP) is 4.90. The molecule has 0 fully saturated rings. The van der Waals surface area contributed by atoms with E-state index in [1.54, 1.807) is 30.0 Å². The average Bonchev–Trinajstić information content (AvgIpc) is 2.86. The fourth-order valence-electron chi connectivity index (χ4n) is 3.87. The van der Waals surface area contributed by atoms with Crippen molar-refractivity contribution >= 4 is 23.2 Å². The lowest BCUT2D eigenvalue weighted by atomic mass is 10.1. The van der Waals surface area contributed by atoms with Crippen LogP contribution in [0.5, 0.6) is 17.2 Å². The summed E-state index contributed by atoms with van der Waals surface area (Å²) in [6, 6.07) is 20.6. The van der Waals surface area contributed by atoms with E-state index in [0.29, 0.717) is 42.4 Å². The standard InChI is InChI=1S/C28H30N2O5/c1-19-9-7-12-25(20(19)2)34-18-27(31)29-22-13-14-26-24(17-22)30(28(32)21(3)35-26)15-8-16-33-23-10-5-4-6-11-23/h4-7,9-14,17,21H,8,15-16,18H2,1-3H3,(H,29,31). The molecule has 0 radical (unpaired) electrons. The van der Waals surface area contributed by atoms with Gasteiger partial charge in [0.2, 0.25) is 0 Å². The van der Waals surface area contributed by atoms with Gasteiger partial charge >= 0.3 is 0 Å². The number of carbonyl (C=O) groups excluding carboxylic acids is 2. The predicted molar refractivity (Wildman–Crippen MR) is 135 cm³/mol. The van der Waals surface area contributed by atoms with E-state index in [-0.39, 0.29) is 18.4 Å². The van der Waals surface area contributed by atoms with E-state index in [1.165, 1.54) is 0 Å². The summed E-state index contributed by atoms with van der Waals surface area (Å²) in [5, 5.41) is 2.85. The lowest BCUT2D eigenvalue weighted by Crippen LogP contribution is -2.45. The minimum absolute atomic E-state index is 0.117.